The summed E-state index contributed by atoms with van der Waals surface area (Å²) in [5, 5.41) is 3.00. The summed E-state index contributed by atoms with van der Waals surface area (Å²) in [5.41, 5.74) is -0.661. The number of amides is 2. The predicted molar refractivity (Wildman–Crippen MR) is 74.6 cm³/mol. The zero-order valence-corrected chi connectivity index (χ0v) is 12.4. The van der Waals surface area contributed by atoms with Crippen LogP contribution in [0.3, 0.4) is 0 Å². The van der Waals surface area contributed by atoms with E-state index in [2.05, 4.69) is 5.32 Å². The highest BCUT2D eigenvalue weighted by molar-refractivity contribution is 6.00. The Kier molecular flexibility index (Phi) is 4.16. The number of hydrogen-bond acceptors (Lipinski definition) is 2. The summed E-state index contributed by atoms with van der Waals surface area (Å²) in [7, 11) is 0. The number of hydrogen-bond donors (Lipinski definition) is 1. The Morgan fingerprint density at radius 2 is 1.74 bits per heavy atom. The number of carbonyl (C=O) groups is 2. The van der Waals surface area contributed by atoms with E-state index in [1.807, 2.05) is 25.7 Å². The molecule has 0 bridgehead atoms. The van der Waals surface area contributed by atoms with Crippen molar-refractivity contribution in [3.8, 4) is 0 Å². The summed E-state index contributed by atoms with van der Waals surface area (Å²) in [6.45, 7) is 5.96. The topological polar surface area (TPSA) is 49.4 Å². The van der Waals surface area contributed by atoms with Gasteiger partial charge < -0.3 is 10.2 Å². The molecule has 2 aliphatic rings. The van der Waals surface area contributed by atoms with Crippen molar-refractivity contribution in [2.45, 2.75) is 83.3 Å². The highest BCUT2D eigenvalue weighted by Crippen LogP contribution is 2.33. The Balaban J connectivity index is 2.33. The smallest absolute Gasteiger partial charge is 0.249 e. The van der Waals surface area contributed by atoms with Gasteiger partial charge in [-0.2, -0.15) is 0 Å². The molecule has 1 unspecified atom stereocenters. The minimum atomic E-state index is -0.661. The van der Waals surface area contributed by atoms with E-state index >= 15 is 0 Å². The second-order valence-electron chi connectivity index (χ2n) is 5.85. The van der Waals surface area contributed by atoms with Crippen LogP contribution in [0, 0.1) is 0 Å². The summed E-state index contributed by atoms with van der Waals surface area (Å²) in [6.07, 6.45) is 6.52. The molecule has 1 saturated carbocycles. The number of piperazine rings is 1. The maximum atomic E-state index is 12.9. The van der Waals surface area contributed by atoms with E-state index in [9.17, 15) is 9.59 Å². The number of rotatable bonds is 4. The number of nitrogens with zero attached hydrogens (tertiary/aromatic N) is 1. The van der Waals surface area contributed by atoms with Crippen LogP contribution in [0.15, 0.2) is 0 Å². The highest BCUT2D eigenvalue weighted by Gasteiger charge is 2.50. The van der Waals surface area contributed by atoms with Crippen LogP contribution >= 0.6 is 0 Å². The van der Waals surface area contributed by atoms with Gasteiger partial charge in [0.1, 0.15) is 11.6 Å². The molecule has 19 heavy (non-hydrogen) atoms. The third kappa shape index (κ3) is 2.26. The molecule has 1 atom stereocenters. The zero-order chi connectivity index (χ0) is 14.0. The van der Waals surface area contributed by atoms with Crippen molar-refractivity contribution in [3.63, 3.8) is 0 Å². The molecule has 4 nitrogen and oxygen atoms in total. The molecule has 108 valence electrons. The molecule has 2 rings (SSSR count). The van der Waals surface area contributed by atoms with E-state index in [1.54, 1.807) is 0 Å². The summed E-state index contributed by atoms with van der Waals surface area (Å²) < 4.78 is 0. The monoisotopic (exact) mass is 266 g/mol. The Labute approximate surface area is 115 Å². The van der Waals surface area contributed by atoms with E-state index < -0.39 is 5.54 Å². The Hall–Kier alpha value is -1.06. The average molecular weight is 266 g/mol. The number of carbonyl (C=O) groups excluding carboxylic acids is 2. The first kappa shape index (κ1) is 14.4. The van der Waals surface area contributed by atoms with Crippen LogP contribution in [0.5, 0.6) is 0 Å². The van der Waals surface area contributed by atoms with Crippen LogP contribution < -0.4 is 5.32 Å². The lowest BCUT2D eigenvalue weighted by molar-refractivity contribution is -0.158. The van der Waals surface area contributed by atoms with Crippen molar-refractivity contribution in [2.75, 3.05) is 0 Å². The molecule has 1 saturated heterocycles. The summed E-state index contributed by atoms with van der Waals surface area (Å²) in [4.78, 5) is 27.2. The molecular formula is C15H26N2O2. The lowest BCUT2D eigenvalue weighted by atomic mass is 9.85. The Bertz CT molecular complexity index is 357. The first-order valence-electron chi connectivity index (χ1n) is 7.74. The van der Waals surface area contributed by atoms with Crippen LogP contribution in [-0.2, 0) is 9.59 Å². The van der Waals surface area contributed by atoms with Gasteiger partial charge in [0.15, 0.2) is 0 Å². The van der Waals surface area contributed by atoms with E-state index in [4.69, 9.17) is 0 Å². The first-order chi connectivity index (χ1) is 9.09. The molecule has 0 spiro atoms. The van der Waals surface area contributed by atoms with E-state index in [-0.39, 0.29) is 23.9 Å². The molecule has 0 radical (unpaired) electrons. The largest absolute Gasteiger partial charge is 0.340 e. The Morgan fingerprint density at radius 1 is 1.16 bits per heavy atom. The second kappa shape index (κ2) is 5.51. The van der Waals surface area contributed by atoms with Gasteiger partial charge in [-0.15, -0.1) is 0 Å². The zero-order valence-electron chi connectivity index (χ0n) is 12.4. The molecule has 0 aromatic carbocycles. The third-order valence-corrected chi connectivity index (χ3v) is 4.96. The molecule has 1 N–H and O–H groups in total. The van der Waals surface area contributed by atoms with Crippen molar-refractivity contribution >= 4 is 11.8 Å². The van der Waals surface area contributed by atoms with Gasteiger partial charge in [-0.25, -0.2) is 0 Å². The van der Waals surface area contributed by atoms with Gasteiger partial charge in [-0.05, 0) is 32.1 Å². The third-order valence-electron chi connectivity index (χ3n) is 4.96. The van der Waals surface area contributed by atoms with Gasteiger partial charge in [-0.1, -0.05) is 33.6 Å². The Morgan fingerprint density at radius 3 is 2.21 bits per heavy atom. The fourth-order valence-electron chi connectivity index (χ4n) is 3.60. The molecule has 0 aromatic rings. The van der Waals surface area contributed by atoms with Crippen LogP contribution in [0.4, 0.5) is 0 Å². The second-order valence-corrected chi connectivity index (χ2v) is 5.85. The van der Waals surface area contributed by atoms with Crippen molar-refractivity contribution in [2.24, 2.45) is 0 Å². The van der Waals surface area contributed by atoms with Crippen molar-refractivity contribution < 1.29 is 9.59 Å². The van der Waals surface area contributed by atoms with Gasteiger partial charge in [0.05, 0.1) is 0 Å². The van der Waals surface area contributed by atoms with Crippen molar-refractivity contribution in [1.29, 1.82) is 0 Å². The van der Waals surface area contributed by atoms with Crippen LogP contribution in [0.2, 0.25) is 0 Å². The van der Waals surface area contributed by atoms with Crippen molar-refractivity contribution in [1.82, 2.24) is 10.2 Å². The molecule has 0 aromatic heterocycles. The van der Waals surface area contributed by atoms with Crippen LogP contribution in [-0.4, -0.2) is 34.3 Å². The van der Waals surface area contributed by atoms with E-state index in [1.165, 1.54) is 12.8 Å². The van der Waals surface area contributed by atoms with Crippen LogP contribution in [0.1, 0.15) is 65.7 Å². The molecule has 4 heteroatoms. The lowest BCUT2D eigenvalue weighted by Gasteiger charge is -2.47. The van der Waals surface area contributed by atoms with Gasteiger partial charge >= 0.3 is 0 Å². The van der Waals surface area contributed by atoms with Crippen molar-refractivity contribution in [3.05, 3.63) is 0 Å². The molecular weight excluding hydrogens is 240 g/mol. The van der Waals surface area contributed by atoms with Gasteiger partial charge in [0.2, 0.25) is 11.8 Å². The molecule has 1 aliphatic heterocycles. The standard InChI is InChI=1S/C15H26N2O2/c1-4-12-13(18)16-15(5-2,6-3)14(19)17(12)11-9-7-8-10-11/h11-12H,4-10H2,1-3H3,(H,16,18). The fraction of sp³-hybridized carbons (Fsp3) is 0.867. The van der Waals surface area contributed by atoms with Crippen LogP contribution in [0.25, 0.3) is 0 Å². The van der Waals surface area contributed by atoms with E-state index in [0.717, 1.165) is 12.8 Å². The number of nitrogens with one attached hydrogen (secondary N) is 1. The SMILES string of the molecule is CCC1C(=O)NC(CC)(CC)C(=O)N1C1CCCC1. The normalized spacial score (nSPS) is 27.7. The highest BCUT2D eigenvalue weighted by atomic mass is 16.2. The average Bonchev–Trinajstić information content (AvgIpc) is 2.94. The summed E-state index contributed by atoms with van der Waals surface area (Å²) >= 11 is 0. The molecule has 2 amide bonds. The summed E-state index contributed by atoms with van der Waals surface area (Å²) in [5.74, 6) is 0.188. The fourth-order valence-corrected chi connectivity index (χ4v) is 3.60. The first-order valence-corrected chi connectivity index (χ1v) is 7.74. The van der Waals surface area contributed by atoms with E-state index in [0.29, 0.717) is 19.3 Å². The maximum Gasteiger partial charge on any atom is 0.249 e. The lowest BCUT2D eigenvalue weighted by Crippen LogP contribution is -2.71. The van der Waals surface area contributed by atoms with Gasteiger partial charge in [0.25, 0.3) is 0 Å². The maximum absolute atomic E-state index is 12.9. The van der Waals surface area contributed by atoms with Gasteiger partial charge in [0, 0.05) is 6.04 Å². The minimum absolute atomic E-state index is 0.0395. The van der Waals surface area contributed by atoms with Gasteiger partial charge in [-0.3, -0.25) is 9.59 Å². The molecule has 1 heterocycles. The summed E-state index contributed by atoms with van der Waals surface area (Å²) in [6, 6.07) is 0.0165. The minimum Gasteiger partial charge on any atom is -0.340 e. The quantitative estimate of drug-likeness (QED) is 0.848. The predicted octanol–water partition coefficient (Wildman–Crippen LogP) is 2.22. The molecule has 1 aliphatic carbocycles. The molecule has 2 fully saturated rings.